The molecule has 2 heterocycles. The maximum atomic E-state index is 4.58. The Morgan fingerprint density at radius 1 is 1.00 bits per heavy atom. The summed E-state index contributed by atoms with van der Waals surface area (Å²) in [5, 5.41) is 8.01. The topological polar surface area (TPSA) is 41.6 Å². The van der Waals surface area contributed by atoms with Crippen LogP contribution in [0.1, 0.15) is 25.1 Å². The van der Waals surface area contributed by atoms with Gasteiger partial charge in [0.1, 0.15) is 0 Å². The summed E-state index contributed by atoms with van der Waals surface area (Å²) in [7, 11) is 0. The number of hydrogen-bond donors (Lipinski definition) is 1. The number of benzene rings is 1. The van der Waals surface area contributed by atoms with Crippen LogP contribution in [0.5, 0.6) is 0 Å². The quantitative estimate of drug-likeness (QED) is 0.703. The molecule has 0 radical (unpaired) electrons. The minimum Gasteiger partial charge on any atom is -0.285 e. The summed E-state index contributed by atoms with van der Waals surface area (Å²) in [6, 6.07) is 8.46. The number of rotatable bonds is 1. The number of aromatic nitrogens is 3. The fourth-order valence-electron chi connectivity index (χ4n) is 2.16. The number of nitrogens with zero attached hydrogens (tertiary/aromatic N) is 2. The Kier molecular flexibility index (Phi) is 3.95. The van der Waals surface area contributed by atoms with Crippen molar-refractivity contribution in [1.29, 1.82) is 0 Å². The minimum atomic E-state index is 1.04. The van der Waals surface area contributed by atoms with E-state index in [0.717, 1.165) is 22.3 Å². The van der Waals surface area contributed by atoms with Crippen molar-refractivity contribution in [3.05, 3.63) is 47.9 Å². The minimum absolute atomic E-state index is 1.04. The highest BCUT2D eigenvalue weighted by molar-refractivity contribution is 5.86. The van der Waals surface area contributed by atoms with Gasteiger partial charge in [0.15, 0.2) is 0 Å². The zero-order valence-electron chi connectivity index (χ0n) is 11.9. The Hall–Kier alpha value is -2.16. The van der Waals surface area contributed by atoms with Gasteiger partial charge in [-0.05, 0) is 37.1 Å². The number of aryl methyl sites for hydroxylation is 2. The van der Waals surface area contributed by atoms with Crippen molar-refractivity contribution in [2.75, 3.05) is 0 Å². The largest absolute Gasteiger partial charge is 0.285 e. The van der Waals surface area contributed by atoms with Gasteiger partial charge in [-0.1, -0.05) is 26.0 Å². The molecule has 0 unspecified atom stereocenters. The van der Waals surface area contributed by atoms with Gasteiger partial charge in [-0.25, -0.2) is 0 Å². The van der Waals surface area contributed by atoms with Crippen LogP contribution in [0.15, 0.2) is 36.7 Å². The third-order valence-electron chi connectivity index (χ3n) is 2.98. The smallest absolute Gasteiger partial charge is 0.0714 e. The number of H-pyrrole nitrogens is 1. The van der Waals surface area contributed by atoms with Crippen LogP contribution in [-0.4, -0.2) is 15.2 Å². The second kappa shape index (κ2) is 5.65. The van der Waals surface area contributed by atoms with E-state index < -0.39 is 0 Å². The Morgan fingerprint density at radius 3 is 2.47 bits per heavy atom. The molecule has 98 valence electrons. The van der Waals surface area contributed by atoms with Gasteiger partial charge in [-0.15, -0.1) is 0 Å². The maximum absolute atomic E-state index is 4.58. The molecule has 0 atom stereocenters. The number of nitrogens with one attached hydrogen (secondary N) is 1. The molecule has 3 rings (SSSR count). The van der Waals surface area contributed by atoms with Crippen LogP contribution >= 0.6 is 0 Å². The molecule has 0 aliphatic carbocycles. The van der Waals surface area contributed by atoms with E-state index in [4.69, 9.17) is 0 Å². The van der Waals surface area contributed by atoms with E-state index >= 15 is 0 Å². The van der Waals surface area contributed by atoms with Gasteiger partial charge in [0.05, 0.1) is 11.7 Å². The van der Waals surface area contributed by atoms with Crippen LogP contribution in [0, 0.1) is 13.8 Å². The Bertz CT molecular complexity index is 670. The third kappa shape index (κ3) is 2.65. The molecule has 0 aliphatic heterocycles. The lowest BCUT2D eigenvalue weighted by Crippen LogP contribution is -1.87. The zero-order valence-corrected chi connectivity index (χ0v) is 11.9. The van der Waals surface area contributed by atoms with E-state index in [-0.39, 0.29) is 0 Å². The van der Waals surface area contributed by atoms with Gasteiger partial charge in [0.2, 0.25) is 0 Å². The molecule has 0 amide bonds. The summed E-state index contributed by atoms with van der Waals surface area (Å²) in [5.41, 5.74) is 5.60. The summed E-state index contributed by atoms with van der Waals surface area (Å²) >= 11 is 0. The first kappa shape index (κ1) is 13.3. The standard InChI is InChI=1S/C14H13N3.C2H6/c1-9-5-10(2)17-14-6-11(3-4-13(9)14)12-7-15-16-8-12;1-2/h3-8H,1-2H3,(H,15,16);1-2H3. The third-order valence-corrected chi connectivity index (χ3v) is 2.98. The van der Waals surface area contributed by atoms with Crippen molar-refractivity contribution in [3.63, 3.8) is 0 Å². The predicted octanol–water partition coefficient (Wildman–Crippen LogP) is 4.27. The Labute approximate surface area is 113 Å². The number of hydrogen-bond acceptors (Lipinski definition) is 2. The summed E-state index contributed by atoms with van der Waals surface area (Å²) in [5.74, 6) is 0. The van der Waals surface area contributed by atoms with Crippen molar-refractivity contribution in [3.8, 4) is 11.1 Å². The monoisotopic (exact) mass is 253 g/mol. The number of aromatic amines is 1. The first-order chi connectivity index (χ1) is 9.24. The van der Waals surface area contributed by atoms with Gasteiger partial charge in [0.25, 0.3) is 0 Å². The zero-order chi connectivity index (χ0) is 13.8. The molecule has 1 aromatic carbocycles. The van der Waals surface area contributed by atoms with Gasteiger partial charge < -0.3 is 0 Å². The average molecular weight is 253 g/mol. The second-order valence-corrected chi connectivity index (χ2v) is 4.30. The van der Waals surface area contributed by atoms with Crippen LogP contribution in [0.4, 0.5) is 0 Å². The molecule has 0 fully saturated rings. The van der Waals surface area contributed by atoms with E-state index in [1.165, 1.54) is 10.9 Å². The molecule has 0 saturated carbocycles. The molecule has 0 spiro atoms. The molecule has 3 heteroatoms. The van der Waals surface area contributed by atoms with Crippen LogP contribution in [0.3, 0.4) is 0 Å². The van der Waals surface area contributed by atoms with Gasteiger partial charge in [-0.2, -0.15) is 5.10 Å². The molecule has 2 aromatic heterocycles. The van der Waals surface area contributed by atoms with Crippen molar-refractivity contribution >= 4 is 10.9 Å². The van der Waals surface area contributed by atoms with Gasteiger partial charge in [0, 0.05) is 22.8 Å². The first-order valence-electron chi connectivity index (χ1n) is 6.61. The predicted molar refractivity (Wildman–Crippen MR) is 80.1 cm³/mol. The molecule has 19 heavy (non-hydrogen) atoms. The van der Waals surface area contributed by atoms with Crippen LogP contribution in [0.25, 0.3) is 22.0 Å². The lowest BCUT2D eigenvalue weighted by atomic mass is 10.0. The van der Waals surface area contributed by atoms with Crippen molar-refractivity contribution < 1.29 is 0 Å². The molecule has 1 N–H and O–H groups in total. The Balaban J connectivity index is 0.000000637. The van der Waals surface area contributed by atoms with E-state index in [1.807, 2.05) is 33.2 Å². The summed E-state index contributed by atoms with van der Waals surface area (Å²) < 4.78 is 0. The number of pyridine rings is 1. The summed E-state index contributed by atoms with van der Waals surface area (Å²) in [4.78, 5) is 4.58. The molecule has 3 aromatic rings. The second-order valence-electron chi connectivity index (χ2n) is 4.30. The normalized spacial score (nSPS) is 10.1. The van der Waals surface area contributed by atoms with Crippen molar-refractivity contribution in [2.24, 2.45) is 0 Å². The van der Waals surface area contributed by atoms with Crippen molar-refractivity contribution in [2.45, 2.75) is 27.7 Å². The van der Waals surface area contributed by atoms with E-state index in [0.29, 0.717) is 0 Å². The van der Waals surface area contributed by atoms with Crippen LogP contribution in [0.2, 0.25) is 0 Å². The van der Waals surface area contributed by atoms with Crippen LogP contribution < -0.4 is 0 Å². The van der Waals surface area contributed by atoms with Gasteiger partial charge in [-0.3, -0.25) is 10.1 Å². The molecular formula is C16H19N3. The van der Waals surface area contributed by atoms with Gasteiger partial charge >= 0.3 is 0 Å². The summed E-state index contributed by atoms with van der Waals surface area (Å²) in [6.07, 6.45) is 3.72. The highest BCUT2D eigenvalue weighted by atomic mass is 15.1. The van der Waals surface area contributed by atoms with Crippen molar-refractivity contribution in [1.82, 2.24) is 15.2 Å². The fraction of sp³-hybridized carbons (Fsp3) is 0.250. The summed E-state index contributed by atoms with van der Waals surface area (Å²) in [6.45, 7) is 8.14. The van der Waals surface area contributed by atoms with Crippen LogP contribution in [-0.2, 0) is 0 Å². The fourth-order valence-corrected chi connectivity index (χ4v) is 2.16. The average Bonchev–Trinajstić information content (AvgIpc) is 2.94. The highest BCUT2D eigenvalue weighted by Gasteiger charge is 2.04. The number of fused-ring (bicyclic) bond motifs is 1. The molecule has 3 nitrogen and oxygen atoms in total. The molecule has 0 aliphatic rings. The lowest BCUT2D eigenvalue weighted by molar-refractivity contribution is 1.09. The Morgan fingerprint density at radius 2 is 1.79 bits per heavy atom. The first-order valence-corrected chi connectivity index (χ1v) is 6.61. The SMILES string of the molecule is CC.Cc1cc(C)c2ccc(-c3cn[nH]c3)cc2n1. The molecular weight excluding hydrogens is 234 g/mol. The van der Waals surface area contributed by atoms with E-state index in [1.54, 1.807) is 0 Å². The molecule has 0 bridgehead atoms. The van der Waals surface area contributed by atoms with E-state index in [2.05, 4.69) is 46.4 Å². The van der Waals surface area contributed by atoms with E-state index in [9.17, 15) is 0 Å². The lowest BCUT2D eigenvalue weighted by Gasteiger charge is -2.05. The molecule has 0 saturated heterocycles. The maximum Gasteiger partial charge on any atom is 0.0714 e. The highest BCUT2D eigenvalue weighted by Crippen LogP contribution is 2.24.